The van der Waals surface area contributed by atoms with Gasteiger partial charge in [0.2, 0.25) is 5.91 Å². The quantitative estimate of drug-likeness (QED) is 0.632. The number of piperidine rings is 1. The van der Waals surface area contributed by atoms with Gasteiger partial charge in [0.05, 0.1) is 26.2 Å². The minimum atomic E-state index is -0.399. The Balaban J connectivity index is 1.95. The Kier molecular flexibility index (Phi) is 6.80. The van der Waals surface area contributed by atoms with Crippen LogP contribution in [0.3, 0.4) is 0 Å². The molecule has 1 aliphatic rings. The second kappa shape index (κ2) is 9.05. The lowest BCUT2D eigenvalue weighted by atomic mass is 10.1. The van der Waals surface area contributed by atoms with Gasteiger partial charge in [-0.25, -0.2) is 5.43 Å². The Hall–Kier alpha value is -2.57. The van der Waals surface area contributed by atoms with E-state index in [1.54, 1.807) is 32.2 Å². The fraction of sp³-hybridized carbons (Fsp3) is 0.500. The standard InChI is InChI=1S/C18H25N3O4/c1-13(11-17(22)21-9-5-4-6-10-21)19-20-18(23)15-8-7-14(24-2)12-16(15)25-3/h7-8,12H,4-6,9-11H2,1-3H3,(H,20,23)/b19-13+. The molecule has 1 N–H and O–H groups in total. The number of benzene rings is 1. The average molecular weight is 347 g/mol. The van der Waals surface area contributed by atoms with Crippen LogP contribution >= 0.6 is 0 Å². The third-order valence-electron chi connectivity index (χ3n) is 4.12. The van der Waals surface area contributed by atoms with Gasteiger partial charge < -0.3 is 14.4 Å². The van der Waals surface area contributed by atoms with Crippen molar-refractivity contribution in [3.05, 3.63) is 23.8 Å². The van der Waals surface area contributed by atoms with Gasteiger partial charge in [0.1, 0.15) is 11.5 Å². The van der Waals surface area contributed by atoms with Crippen molar-refractivity contribution in [3.8, 4) is 11.5 Å². The summed E-state index contributed by atoms with van der Waals surface area (Å²) in [5, 5.41) is 4.04. The summed E-state index contributed by atoms with van der Waals surface area (Å²) in [7, 11) is 3.03. The maximum atomic E-state index is 12.3. The van der Waals surface area contributed by atoms with Crippen LogP contribution in [-0.4, -0.2) is 49.7 Å². The van der Waals surface area contributed by atoms with E-state index < -0.39 is 5.91 Å². The third kappa shape index (κ3) is 5.20. The zero-order chi connectivity index (χ0) is 18.2. The zero-order valence-electron chi connectivity index (χ0n) is 15.0. The topological polar surface area (TPSA) is 80.2 Å². The van der Waals surface area contributed by atoms with Gasteiger partial charge in [0.25, 0.3) is 5.91 Å². The van der Waals surface area contributed by atoms with Crippen molar-refractivity contribution >= 4 is 17.5 Å². The number of hydrogen-bond acceptors (Lipinski definition) is 5. The first-order chi connectivity index (χ1) is 12.0. The first-order valence-electron chi connectivity index (χ1n) is 8.38. The van der Waals surface area contributed by atoms with E-state index in [0.29, 0.717) is 22.8 Å². The molecule has 0 spiro atoms. The van der Waals surface area contributed by atoms with Crippen molar-refractivity contribution in [1.82, 2.24) is 10.3 Å². The maximum Gasteiger partial charge on any atom is 0.275 e. The Morgan fingerprint density at radius 3 is 2.52 bits per heavy atom. The number of hydrazone groups is 1. The fourth-order valence-corrected chi connectivity index (χ4v) is 2.71. The molecule has 0 aliphatic carbocycles. The van der Waals surface area contributed by atoms with E-state index in [1.807, 2.05) is 4.90 Å². The summed E-state index contributed by atoms with van der Waals surface area (Å²) in [6.07, 6.45) is 3.49. The number of nitrogens with zero attached hydrogens (tertiary/aromatic N) is 2. The molecule has 2 rings (SSSR count). The lowest BCUT2D eigenvalue weighted by molar-refractivity contribution is -0.130. The van der Waals surface area contributed by atoms with Gasteiger partial charge in [-0.15, -0.1) is 0 Å². The average Bonchev–Trinajstić information content (AvgIpc) is 2.66. The van der Waals surface area contributed by atoms with Gasteiger partial charge in [-0.1, -0.05) is 0 Å². The molecule has 136 valence electrons. The smallest absolute Gasteiger partial charge is 0.275 e. The maximum absolute atomic E-state index is 12.3. The van der Waals surface area contributed by atoms with Crippen LogP contribution in [0.1, 0.15) is 43.0 Å². The molecule has 1 heterocycles. The SMILES string of the molecule is COc1ccc(C(=O)N/N=C(\C)CC(=O)N2CCCCC2)c(OC)c1. The van der Waals surface area contributed by atoms with Crippen LogP contribution in [-0.2, 0) is 4.79 Å². The van der Waals surface area contributed by atoms with E-state index >= 15 is 0 Å². The molecule has 7 nitrogen and oxygen atoms in total. The van der Waals surface area contributed by atoms with Crippen LogP contribution < -0.4 is 14.9 Å². The van der Waals surface area contributed by atoms with Gasteiger partial charge in [-0.2, -0.15) is 5.10 Å². The Morgan fingerprint density at radius 1 is 1.16 bits per heavy atom. The summed E-state index contributed by atoms with van der Waals surface area (Å²) in [6, 6.07) is 4.91. The van der Waals surface area contributed by atoms with Crippen molar-refractivity contribution in [2.24, 2.45) is 5.10 Å². The third-order valence-corrected chi connectivity index (χ3v) is 4.12. The minimum absolute atomic E-state index is 0.0530. The van der Waals surface area contributed by atoms with E-state index in [4.69, 9.17) is 9.47 Å². The van der Waals surface area contributed by atoms with Gasteiger partial charge in [-0.05, 0) is 38.3 Å². The summed E-state index contributed by atoms with van der Waals surface area (Å²) in [5.41, 5.74) is 3.39. The number of hydrogen-bond donors (Lipinski definition) is 1. The van der Waals surface area contributed by atoms with E-state index in [1.165, 1.54) is 13.5 Å². The molecule has 2 amide bonds. The molecule has 0 atom stereocenters. The molecule has 1 aromatic rings. The molecule has 0 radical (unpaired) electrons. The monoisotopic (exact) mass is 347 g/mol. The van der Waals surface area contributed by atoms with E-state index in [2.05, 4.69) is 10.5 Å². The molecule has 0 aromatic heterocycles. The minimum Gasteiger partial charge on any atom is -0.497 e. The molecular weight excluding hydrogens is 322 g/mol. The largest absolute Gasteiger partial charge is 0.497 e. The van der Waals surface area contributed by atoms with Gasteiger partial charge >= 0.3 is 0 Å². The highest BCUT2D eigenvalue weighted by molar-refractivity contribution is 6.01. The van der Waals surface area contributed by atoms with Crippen molar-refractivity contribution in [3.63, 3.8) is 0 Å². The van der Waals surface area contributed by atoms with E-state index in [9.17, 15) is 9.59 Å². The molecular formula is C18H25N3O4. The number of methoxy groups -OCH3 is 2. The van der Waals surface area contributed by atoms with Crippen molar-refractivity contribution in [2.45, 2.75) is 32.6 Å². The molecule has 1 aromatic carbocycles. The van der Waals surface area contributed by atoms with Crippen molar-refractivity contribution in [2.75, 3.05) is 27.3 Å². The number of carbonyl (C=O) groups is 2. The number of amides is 2. The lowest BCUT2D eigenvalue weighted by Gasteiger charge is -2.26. The summed E-state index contributed by atoms with van der Waals surface area (Å²) >= 11 is 0. The van der Waals surface area contributed by atoms with Gasteiger partial charge in [0, 0.05) is 24.9 Å². The van der Waals surface area contributed by atoms with Crippen LogP contribution in [0.4, 0.5) is 0 Å². The Bertz CT molecular complexity index is 652. The number of carbonyl (C=O) groups excluding carboxylic acids is 2. The summed E-state index contributed by atoms with van der Waals surface area (Å²) in [5.74, 6) is 0.649. The lowest BCUT2D eigenvalue weighted by Crippen LogP contribution is -2.36. The Morgan fingerprint density at radius 2 is 1.88 bits per heavy atom. The normalized spacial score (nSPS) is 14.8. The van der Waals surface area contributed by atoms with Crippen molar-refractivity contribution in [1.29, 1.82) is 0 Å². The molecule has 1 aliphatic heterocycles. The predicted octanol–water partition coefficient (Wildman–Crippen LogP) is 2.21. The highest BCUT2D eigenvalue weighted by Crippen LogP contribution is 2.24. The van der Waals surface area contributed by atoms with Gasteiger partial charge in [0.15, 0.2) is 0 Å². The second-order valence-electron chi connectivity index (χ2n) is 5.97. The fourth-order valence-electron chi connectivity index (χ4n) is 2.71. The number of nitrogens with one attached hydrogen (secondary N) is 1. The molecule has 0 saturated carbocycles. The highest BCUT2D eigenvalue weighted by Gasteiger charge is 2.17. The Labute approximate surface area is 148 Å². The number of ether oxygens (including phenoxy) is 2. The van der Waals surface area contributed by atoms with Crippen LogP contribution in [0.2, 0.25) is 0 Å². The summed E-state index contributed by atoms with van der Waals surface area (Å²) < 4.78 is 10.3. The number of likely N-dealkylation sites (tertiary alicyclic amines) is 1. The molecule has 25 heavy (non-hydrogen) atoms. The van der Waals surface area contributed by atoms with E-state index in [-0.39, 0.29) is 12.3 Å². The van der Waals surface area contributed by atoms with Crippen LogP contribution in [0, 0.1) is 0 Å². The molecule has 0 bridgehead atoms. The molecule has 7 heteroatoms. The summed E-state index contributed by atoms with van der Waals surface area (Å²) in [4.78, 5) is 26.3. The first-order valence-corrected chi connectivity index (χ1v) is 8.38. The van der Waals surface area contributed by atoms with Crippen LogP contribution in [0.15, 0.2) is 23.3 Å². The molecule has 1 fully saturated rings. The van der Waals surface area contributed by atoms with Gasteiger partial charge in [-0.3, -0.25) is 9.59 Å². The second-order valence-corrected chi connectivity index (χ2v) is 5.97. The highest BCUT2D eigenvalue weighted by atomic mass is 16.5. The number of rotatable bonds is 6. The van der Waals surface area contributed by atoms with Crippen LogP contribution in [0.25, 0.3) is 0 Å². The predicted molar refractivity (Wildman–Crippen MR) is 95.2 cm³/mol. The van der Waals surface area contributed by atoms with Crippen LogP contribution in [0.5, 0.6) is 11.5 Å². The molecule has 0 unspecified atom stereocenters. The molecule has 1 saturated heterocycles. The van der Waals surface area contributed by atoms with Crippen molar-refractivity contribution < 1.29 is 19.1 Å². The van der Waals surface area contributed by atoms with E-state index in [0.717, 1.165) is 25.9 Å². The summed E-state index contributed by atoms with van der Waals surface area (Å²) in [6.45, 7) is 3.34. The zero-order valence-corrected chi connectivity index (χ0v) is 15.0. The first kappa shape index (κ1) is 18.8.